The lowest BCUT2D eigenvalue weighted by Gasteiger charge is -2.11. The average molecular weight is 231 g/mol. The summed E-state index contributed by atoms with van der Waals surface area (Å²) in [6.07, 6.45) is 5.38. The zero-order chi connectivity index (χ0) is 12.1. The number of hydrogen-bond acceptors (Lipinski definition) is 5. The Balaban J connectivity index is 2.25. The van der Waals surface area contributed by atoms with Gasteiger partial charge in [-0.3, -0.25) is 4.98 Å². The Kier molecular flexibility index (Phi) is 3.62. The first-order chi connectivity index (χ1) is 8.31. The molecule has 0 bridgehead atoms. The Bertz CT molecular complexity index is 476. The summed E-state index contributed by atoms with van der Waals surface area (Å²) in [5, 5.41) is 10.1. The molecule has 0 amide bonds. The summed E-state index contributed by atoms with van der Waals surface area (Å²) < 4.78 is 5.33. The maximum Gasteiger partial charge on any atom is 0.137 e. The second-order valence-corrected chi connectivity index (χ2v) is 3.42. The number of ether oxygens (including phenoxy) is 1. The highest BCUT2D eigenvalue weighted by Gasteiger charge is 2.12. The topological polar surface area (TPSA) is 68.1 Å². The molecule has 0 saturated heterocycles. The third-order valence-corrected chi connectivity index (χ3v) is 2.25. The van der Waals surface area contributed by atoms with Crippen LogP contribution in [0.5, 0.6) is 5.75 Å². The van der Waals surface area contributed by atoms with Crippen molar-refractivity contribution in [3.05, 3.63) is 48.3 Å². The molecular formula is C12H13N3O2. The number of nitrogens with zero attached hydrogens (tertiary/aromatic N) is 3. The highest BCUT2D eigenvalue weighted by molar-refractivity contribution is 5.29. The minimum Gasteiger partial charge on any atom is -0.492 e. The summed E-state index contributed by atoms with van der Waals surface area (Å²) >= 11 is 0. The molecule has 2 rings (SSSR count). The predicted molar refractivity (Wildman–Crippen MR) is 61.5 cm³/mol. The van der Waals surface area contributed by atoms with Gasteiger partial charge in [-0.05, 0) is 19.1 Å². The molecule has 17 heavy (non-hydrogen) atoms. The molecule has 0 aliphatic heterocycles. The van der Waals surface area contributed by atoms with E-state index in [4.69, 9.17) is 4.74 Å². The predicted octanol–water partition coefficient (Wildman–Crippen LogP) is 1.35. The van der Waals surface area contributed by atoms with Gasteiger partial charge in [0.25, 0.3) is 0 Å². The van der Waals surface area contributed by atoms with E-state index in [2.05, 4.69) is 15.0 Å². The van der Waals surface area contributed by atoms with Gasteiger partial charge in [0.05, 0.1) is 18.5 Å². The van der Waals surface area contributed by atoms with E-state index in [9.17, 15) is 5.11 Å². The number of aliphatic hydroxyl groups is 1. The number of rotatable bonds is 4. The van der Waals surface area contributed by atoms with Crippen LogP contribution in [-0.4, -0.2) is 26.7 Å². The zero-order valence-electron chi connectivity index (χ0n) is 9.45. The summed E-state index contributed by atoms with van der Waals surface area (Å²) in [5.74, 6) is 0.637. The van der Waals surface area contributed by atoms with Gasteiger partial charge in [0.1, 0.15) is 18.2 Å². The minimum absolute atomic E-state index is 0.537. The smallest absolute Gasteiger partial charge is 0.137 e. The fourth-order valence-electron chi connectivity index (χ4n) is 1.46. The van der Waals surface area contributed by atoms with Crippen molar-refractivity contribution in [2.75, 3.05) is 6.61 Å². The normalized spacial score (nSPS) is 12.1. The molecule has 88 valence electrons. The van der Waals surface area contributed by atoms with Crippen LogP contribution in [-0.2, 0) is 0 Å². The molecule has 5 heteroatoms. The SMILES string of the molecule is CCOc1cncc(C(O)c2ccncn2)c1. The van der Waals surface area contributed by atoms with Gasteiger partial charge in [0.15, 0.2) is 0 Å². The van der Waals surface area contributed by atoms with E-state index in [1.54, 1.807) is 30.7 Å². The van der Waals surface area contributed by atoms with Crippen molar-refractivity contribution in [1.82, 2.24) is 15.0 Å². The van der Waals surface area contributed by atoms with Gasteiger partial charge in [-0.25, -0.2) is 9.97 Å². The van der Waals surface area contributed by atoms with E-state index in [1.165, 1.54) is 6.33 Å². The molecule has 0 fully saturated rings. The number of aromatic nitrogens is 3. The third kappa shape index (κ3) is 2.76. The van der Waals surface area contributed by atoms with Crippen LogP contribution in [0.1, 0.15) is 24.3 Å². The first-order valence-corrected chi connectivity index (χ1v) is 5.33. The monoisotopic (exact) mass is 231 g/mol. The van der Waals surface area contributed by atoms with E-state index >= 15 is 0 Å². The molecule has 2 aromatic heterocycles. The molecule has 0 aliphatic rings. The molecule has 0 aromatic carbocycles. The van der Waals surface area contributed by atoms with Crippen molar-refractivity contribution < 1.29 is 9.84 Å². The molecule has 2 heterocycles. The van der Waals surface area contributed by atoms with Crippen LogP contribution < -0.4 is 4.74 Å². The van der Waals surface area contributed by atoms with Crippen molar-refractivity contribution >= 4 is 0 Å². The second-order valence-electron chi connectivity index (χ2n) is 3.42. The van der Waals surface area contributed by atoms with Crippen LogP contribution in [0.15, 0.2) is 37.1 Å². The second kappa shape index (κ2) is 5.36. The Morgan fingerprint density at radius 2 is 2.24 bits per heavy atom. The maximum absolute atomic E-state index is 10.1. The summed E-state index contributed by atoms with van der Waals surface area (Å²) in [6.45, 7) is 2.46. The quantitative estimate of drug-likeness (QED) is 0.860. The van der Waals surface area contributed by atoms with Crippen molar-refractivity contribution in [3.63, 3.8) is 0 Å². The van der Waals surface area contributed by atoms with Gasteiger partial charge in [0.2, 0.25) is 0 Å². The van der Waals surface area contributed by atoms with Gasteiger partial charge >= 0.3 is 0 Å². The lowest BCUT2D eigenvalue weighted by atomic mass is 10.1. The molecule has 5 nitrogen and oxygen atoms in total. The number of pyridine rings is 1. The first kappa shape index (κ1) is 11.5. The average Bonchev–Trinajstić information content (AvgIpc) is 2.40. The van der Waals surface area contributed by atoms with Gasteiger partial charge in [0, 0.05) is 18.0 Å². The molecule has 0 saturated carbocycles. The van der Waals surface area contributed by atoms with Crippen LogP contribution in [0.4, 0.5) is 0 Å². The lowest BCUT2D eigenvalue weighted by molar-refractivity contribution is 0.213. The van der Waals surface area contributed by atoms with Crippen LogP contribution in [0.2, 0.25) is 0 Å². The van der Waals surface area contributed by atoms with Crippen LogP contribution >= 0.6 is 0 Å². The summed E-state index contributed by atoms with van der Waals surface area (Å²) in [7, 11) is 0. The summed E-state index contributed by atoms with van der Waals surface area (Å²) in [5.41, 5.74) is 1.19. The van der Waals surface area contributed by atoms with Gasteiger partial charge in [-0.1, -0.05) is 0 Å². The lowest BCUT2D eigenvalue weighted by Crippen LogP contribution is -2.03. The largest absolute Gasteiger partial charge is 0.492 e. The Morgan fingerprint density at radius 1 is 1.35 bits per heavy atom. The molecule has 1 atom stereocenters. The highest BCUT2D eigenvalue weighted by atomic mass is 16.5. The molecule has 0 aliphatic carbocycles. The first-order valence-electron chi connectivity index (χ1n) is 5.33. The highest BCUT2D eigenvalue weighted by Crippen LogP contribution is 2.22. The molecule has 0 spiro atoms. The molecule has 2 aromatic rings. The molecule has 1 N–H and O–H groups in total. The van der Waals surface area contributed by atoms with E-state index in [-0.39, 0.29) is 0 Å². The number of hydrogen-bond donors (Lipinski definition) is 1. The third-order valence-electron chi connectivity index (χ3n) is 2.25. The summed E-state index contributed by atoms with van der Waals surface area (Å²) in [4.78, 5) is 11.8. The Morgan fingerprint density at radius 3 is 2.94 bits per heavy atom. The van der Waals surface area contributed by atoms with Gasteiger partial charge in [-0.15, -0.1) is 0 Å². The van der Waals surface area contributed by atoms with E-state index in [1.807, 2.05) is 6.92 Å². The molecule has 0 radical (unpaired) electrons. The van der Waals surface area contributed by atoms with Crippen LogP contribution in [0.3, 0.4) is 0 Å². The Hall–Kier alpha value is -2.01. The van der Waals surface area contributed by atoms with E-state index < -0.39 is 6.10 Å². The fraction of sp³-hybridized carbons (Fsp3) is 0.250. The van der Waals surface area contributed by atoms with E-state index in [0.29, 0.717) is 23.6 Å². The maximum atomic E-state index is 10.1. The number of aliphatic hydroxyl groups excluding tert-OH is 1. The molecule has 1 unspecified atom stereocenters. The van der Waals surface area contributed by atoms with Gasteiger partial charge in [-0.2, -0.15) is 0 Å². The zero-order valence-corrected chi connectivity index (χ0v) is 9.45. The van der Waals surface area contributed by atoms with Crippen molar-refractivity contribution in [3.8, 4) is 5.75 Å². The standard InChI is InChI=1S/C12H13N3O2/c1-2-17-10-5-9(6-14-7-10)12(16)11-3-4-13-8-15-11/h3-8,12,16H,2H2,1H3. The summed E-state index contributed by atoms with van der Waals surface area (Å²) in [6, 6.07) is 3.42. The fourth-order valence-corrected chi connectivity index (χ4v) is 1.46. The minimum atomic E-state index is -0.814. The van der Waals surface area contributed by atoms with Crippen molar-refractivity contribution in [2.24, 2.45) is 0 Å². The van der Waals surface area contributed by atoms with Crippen LogP contribution in [0, 0.1) is 0 Å². The molecular weight excluding hydrogens is 218 g/mol. The van der Waals surface area contributed by atoms with Crippen molar-refractivity contribution in [2.45, 2.75) is 13.0 Å². The van der Waals surface area contributed by atoms with Gasteiger partial charge < -0.3 is 9.84 Å². The van der Waals surface area contributed by atoms with E-state index in [0.717, 1.165) is 0 Å². The Labute approximate surface area is 99.2 Å². The van der Waals surface area contributed by atoms with Crippen molar-refractivity contribution in [1.29, 1.82) is 0 Å². The van der Waals surface area contributed by atoms with Crippen LogP contribution in [0.25, 0.3) is 0 Å².